The fourth-order valence-electron chi connectivity index (χ4n) is 10.5. The maximum absolute atomic E-state index is 7.14. The van der Waals surface area contributed by atoms with Gasteiger partial charge >= 0.3 is 0 Å². The Bertz CT molecular complexity index is 3240. The standard InChI is InChI=1S/C56H51NO2/c1-53(2,3)32-27-43-41-25-24-40-42-29-33(21-26-45(42)56(9,10)50(40)52(41)59-51(43)47(28-32)54(4,5)6)57(35-20-23-39-38-16-12-14-18-48(38)58-49(39)31-35)34-19-22-37-36-15-11-13-17-44(36)55(7,8)46(37)30-34/h11-31H,1-10H3. The number of rotatable bonds is 3. The number of nitrogens with zero attached hydrogens (tertiary/aromatic N) is 1. The van der Waals surface area contributed by atoms with Crippen LogP contribution in [0.4, 0.5) is 17.1 Å². The lowest BCUT2D eigenvalue weighted by molar-refractivity contribution is 0.556. The van der Waals surface area contributed by atoms with E-state index < -0.39 is 0 Å². The van der Waals surface area contributed by atoms with Crippen LogP contribution in [0.3, 0.4) is 0 Å². The van der Waals surface area contributed by atoms with Crippen molar-refractivity contribution in [2.75, 3.05) is 4.90 Å². The van der Waals surface area contributed by atoms with E-state index in [1.54, 1.807) is 0 Å². The Morgan fingerprint density at radius 3 is 1.85 bits per heavy atom. The number of anilines is 3. The smallest absolute Gasteiger partial charge is 0.140 e. The first-order valence-electron chi connectivity index (χ1n) is 21.2. The molecule has 9 aromatic rings. The van der Waals surface area contributed by atoms with Crippen LogP contribution in [-0.2, 0) is 21.7 Å². The molecule has 11 rings (SSSR count). The first kappa shape index (κ1) is 36.1. The molecule has 0 spiro atoms. The molecule has 59 heavy (non-hydrogen) atoms. The van der Waals surface area contributed by atoms with E-state index in [9.17, 15) is 0 Å². The van der Waals surface area contributed by atoms with Gasteiger partial charge in [-0.25, -0.2) is 0 Å². The second kappa shape index (κ2) is 11.8. The van der Waals surface area contributed by atoms with E-state index in [2.05, 4.69) is 195 Å². The van der Waals surface area contributed by atoms with Gasteiger partial charge in [-0.05, 0) is 110 Å². The van der Waals surface area contributed by atoms with E-state index in [1.807, 2.05) is 6.07 Å². The van der Waals surface area contributed by atoms with E-state index in [4.69, 9.17) is 8.83 Å². The van der Waals surface area contributed by atoms with E-state index in [-0.39, 0.29) is 21.7 Å². The number of fused-ring (bicyclic) bond motifs is 13. The average Bonchev–Trinajstić information content (AvgIpc) is 3.89. The summed E-state index contributed by atoms with van der Waals surface area (Å²) in [4.78, 5) is 2.42. The normalized spacial score (nSPS) is 15.2. The molecule has 0 amide bonds. The van der Waals surface area contributed by atoms with E-state index in [1.165, 1.54) is 66.4 Å². The zero-order valence-electron chi connectivity index (χ0n) is 35.9. The van der Waals surface area contributed by atoms with Crippen LogP contribution < -0.4 is 4.90 Å². The van der Waals surface area contributed by atoms with Crippen LogP contribution >= 0.6 is 0 Å². The van der Waals surface area contributed by atoms with Gasteiger partial charge in [0.1, 0.15) is 22.3 Å². The third-order valence-electron chi connectivity index (χ3n) is 13.7. The second-order valence-corrected chi connectivity index (χ2v) is 20.2. The minimum Gasteiger partial charge on any atom is -0.456 e. The van der Waals surface area contributed by atoms with Crippen molar-refractivity contribution >= 4 is 60.9 Å². The maximum atomic E-state index is 7.14. The third kappa shape index (κ3) is 5.06. The quantitative estimate of drug-likeness (QED) is 0.179. The lowest BCUT2D eigenvalue weighted by Crippen LogP contribution is -2.17. The van der Waals surface area contributed by atoms with E-state index in [0.29, 0.717) is 0 Å². The van der Waals surface area contributed by atoms with Gasteiger partial charge in [-0.1, -0.05) is 136 Å². The Morgan fingerprint density at radius 1 is 0.424 bits per heavy atom. The zero-order chi connectivity index (χ0) is 41.0. The summed E-state index contributed by atoms with van der Waals surface area (Å²) in [6.45, 7) is 23.2. The molecular formula is C56H51NO2. The Kier molecular flexibility index (Phi) is 7.20. The highest BCUT2D eigenvalue weighted by Crippen LogP contribution is 2.56. The number of hydrogen-bond donors (Lipinski definition) is 0. The molecule has 0 unspecified atom stereocenters. The van der Waals surface area contributed by atoms with Gasteiger partial charge in [0.2, 0.25) is 0 Å². The topological polar surface area (TPSA) is 29.5 Å². The minimum atomic E-state index is -0.271. The molecule has 0 saturated heterocycles. The molecular weight excluding hydrogens is 719 g/mol. The summed E-state index contributed by atoms with van der Waals surface area (Å²) < 4.78 is 13.6. The molecule has 0 bridgehead atoms. The predicted octanol–water partition coefficient (Wildman–Crippen LogP) is 16.2. The Labute approximate surface area is 347 Å². The Morgan fingerprint density at radius 2 is 1.05 bits per heavy atom. The number of benzene rings is 7. The van der Waals surface area contributed by atoms with Crippen LogP contribution in [0, 0.1) is 0 Å². The number of furan rings is 2. The number of para-hydroxylation sites is 1. The molecule has 0 saturated carbocycles. The first-order chi connectivity index (χ1) is 28.0. The molecule has 0 radical (unpaired) electrons. The van der Waals surface area contributed by atoms with E-state index in [0.717, 1.165) is 50.2 Å². The monoisotopic (exact) mass is 769 g/mol. The highest BCUT2D eigenvalue weighted by atomic mass is 16.3. The summed E-state index contributed by atoms with van der Waals surface area (Å²) in [5.41, 5.74) is 19.6. The van der Waals surface area contributed by atoms with Crippen molar-refractivity contribution in [1.82, 2.24) is 0 Å². The van der Waals surface area contributed by atoms with Crippen LogP contribution in [0.1, 0.15) is 103 Å². The maximum Gasteiger partial charge on any atom is 0.140 e. The van der Waals surface area contributed by atoms with Crippen LogP contribution in [0.2, 0.25) is 0 Å². The first-order valence-corrected chi connectivity index (χ1v) is 21.2. The van der Waals surface area contributed by atoms with E-state index >= 15 is 0 Å². The van der Waals surface area contributed by atoms with Gasteiger partial charge in [0, 0.05) is 66.6 Å². The van der Waals surface area contributed by atoms with Gasteiger partial charge < -0.3 is 13.7 Å². The van der Waals surface area contributed by atoms with Crippen molar-refractivity contribution in [2.24, 2.45) is 0 Å². The molecule has 2 aliphatic carbocycles. The highest BCUT2D eigenvalue weighted by molar-refractivity contribution is 6.11. The SMILES string of the molecule is CC(C)(C)c1cc(C(C)(C)C)c2oc3c4c(ccc3c2c1)-c1cc(N(c2ccc3c(c2)C(C)(C)c2ccccc2-3)c2ccc3c(c2)oc2ccccc23)ccc1C4(C)C. The summed E-state index contributed by atoms with van der Waals surface area (Å²) in [7, 11) is 0. The van der Waals surface area contributed by atoms with Crippen molar-refractivity contribution in [3.8, 4) is 22.3 Å². The third-order valence-corrected chi connectivity index (χ3v) is 13.7. The van der Waals surface area contributed by atoms with Gasteiger partial charge in [-0.15, -0.1) is 0 Å². The molecule has 2 aliphatic rings. The molecule has 3 nitrogen and oxygen atoms in total. The van der Waals surface area contributed by atoms with Crippen molar-refractivity contribution < 1.29 is 8.83 Å². The molecule has 2 aromatic heterocycles. The summed E-state index contributed by atoms with van der Waals surface area (Å²) >= 11 is 0. The van der Waals surface area contributed by atoms with Crippen molar-refractivity contribution in [2.45, 2.75) is 90.9 Å². The molecule has 0 N–H and O–H groups in total. The lowest BCUT2D eigenvalue weighted by Gasteiger charge is -2.29. The molecule has 0 aliphatic heterocycles. The van der Waals surface area contributed by atoms with Gasteiger partial charge in [0.25, 0.3) is 0 Å². The van der Waals surface area contributed by atoms with Gasteiger partial charge in [0.15, 0.2) is 0 Å². The zero-order valence-corrected chi connectivity index (χ0v) is 35.9. The highest BCUT2D eigenvalue weighted by Gasteiger charge is 2.40. The number of hydrogen-bond acceptors (Lipinski definition) is 3. The molecule has 0 fully saturated rings. The fourth-order valence-corrected chi connectivity index (χ4v) is 10.5. The van der Waals surface area contributed by atoms with Gasteiger partial charge in [-0.3, -0.25) is 0 Å². The lowest BCUT2D eigenvalue weighted by atomic mass is 9.79. The van der Waals surface area contributed by atoms with Crippen molar-refractivity contribution in [3.05, 3.63) is 161 Å². The van der Waals surface area contributed by atoms with Gasteiger partial charge in [-0.2, -0.15) is 0 Å². The average molecular weight is 770 g/mol. The largest absolute Gasteiger partial charge is 0.456 e. The molecule has 0 atom stereocenters. The second-order valence-electron chi connectivity index (χ2n) is 20.2. The fraction of sp³-hybridized carbons (Fsp3) is 0.250. The Hall–Kier alpha value is -6.06. The van der Waals surface area contributed by atoms with Gasteiger partial charge in [0.05, 0.1) is 0 Å². The Balaban J connectivity index is 1.12. The molecule has 2 heterocycles. The summed E-state index contributed by atoms with van der Waals surface area (Å²) in [6, 6.07) is 47.4. The summed E-state index contributed by atoms with van der Waals surface area (Å²) in [6.07, 6.45) is 0. The van der Waals surface area contributed by atoms with Crippen LogP contribution in [0.15, 0.2) is 136 Å². The van der Waals surface area contributed by atoms with Crippen molar-refractivity contribution in [3.63, 3.8) is 0 Å². The molecule has 7 aromatic carbocycles. The molecule has 3 heteroatoms. The molecule has 292 valence electrons. The van der Waals surface area contributed by atoms with Crippen LogP contribution in [-0.4, -0.2) is 0 Å². The summed E-state index contributed by atoms with van der Waals surface area (Å²) in [5, 5.41) is 4.66. The minimum absolute atomic E-state index is 0.0137. The van der Waals surface area contributed by atoms with Crippen molar-refractivity contribution in [1.29, 1.82) is 0 Å². The van der Waals surface area contributed by atoms with Crippen LogP contribution in [0.25, 0.3) is 66.1 Å². The summed E-state index contributed by atoms with van der Waals surface area (Å²) in [5.74, 6) is 0. The van der Waals surface area contributed by atoms with Crippen LogP contribution in [0.5, 0.6) is 0 Å². The predicted molar refractivity (Wildman–Crippen MR) is 248 cm³/mol.